The molecule has 5 nitrogen and oxygen atoms in total. The van der Waals surface area contributed by atoms with Crippen LogP contribution in [-0.4, -0.2) is 35.0 Å². The average molecular weight is 361 g/mol. The Morgan fingerprint density at radius 2 is 1.86 bits per heavy atom. The Morgan fingerprint density at radius 3 is 2.33 bits per heavy atom. The topological polar surface area (TPSA) is 76.0 Å². The van der Waals surface area contributed by atoms with E-state index in [0.29, 0.717) is 35.4 Å². The lowest BCUT2D eigenvalue weighted by atomic mass is 9.99. The standard InChI is InChI=1S/C15H21BrO5/c1-4-15(19,5-2)9-21-13-11(16)7-10(14(17)18)8-12(13)20-6-3/h7-8,19H,4-6,9H2,1-3H3,(H,17,18). The van der Waals surface area contributed by atoms with Crippen molar-refractivity contribution in [3.63, 3.8) is 0 Å². The fourth-order valence-electron chi connectivity index (χ4n) is 1.76. The molecule has 118 valence electrons. The number of benzene rings is 1. The van der Waals surface area contributed by atoms with Crippen molar-refractivity contribution >= 4 is 21.9 Å². The maximum Gasteiger partial charge on any atom is 0.335 e. The number of aromatic carboxylic acids is 1. The van der Waals surface area contributed by atoms with E-state index in [4.69, 9.17) is 14.6 Å². The van der Waals surface area contributed by atoms with Gasteiger partial charge in [0.2, 0.25) is 0 Å². The number of aliphatic hydroxyl groups is 1. The van der Waals surface area contributed by atoms with Gasteiger partial charge in [0, 0.05) is 0 Å². The minimum Gasteiger partial charge on any atom is -0.490 e. The van der Waals surface area contributed by atoms with E-state index in [1.54, 1.807) is 6.92 Å². The fraction of sp³-hybridized carbons (Fsp3) is 0.533. The van der Waals surface area contributed by atoms with Crippen molar-refractivity contribution in [2.75, 3.05) is 13.2 Å². The molecule has 0 atom stereocenters. The molecule has 0 amide bonds. The molecule has 1 rings (SSSR count). The molecular formula is C15H21BrO5. The number of carboxylic acid groups (broad SMARTS) is 1. The molecule has 1 aromatic rings. The number of carboxylic acids is 1. The Bertz CT molecular complexity index is 497. The summed E-state index contributed by atoms with van der Waals surface area (Å²) in [5.41, 5.74) is -0.798. The number of hydrogen-bond donors (Lipinski definition) is 2. The highest BCUT2D eigenvalue weighted by molar-refractivity contribution is 9.10. The first kappa shape index (κ1) is 17.8. The van der Waals surface area contributed by atoms with Crippen molar-refractivity contribution in [2.24, 2.45) is 0 Å². The Morgan fingerprint density at radius 1 is 1.24 bits per heavy atom. The zero-order valence-electron chi connectivity index (χ0n) is 12.5. The first-order valence-electron chi connectivity index (χ1n) is 6.91. The van der Waals surface area contributed by atoms with Crippen LogP contribution in [0.3, 0.4) is 0 Å². The van der Waals surface area contributed by atoms with Gasteiger partial charge in [0.25, 0.3) is 0 Å². The molecule has 0 radical (unpaired) electrons. The maximum atomic E-state index is 11.1. The second-order valence-corrected chi connectivity index (χ2v) is 5.60. The lowest BCUT2D eigenvalue weighted by molar-refractivity contribution is -0.0123. The van der Waals surface area contributed by atoms with E-state index in [9.17, 15) is 9.90 Å². The minimum atomic E-state index is -1.04. The lowest BCUT2D eigenvalue weighted by Crippen LogP contribution is -2.34. The third kappa shape index (κ3) is 4.61. The lowest BCUT2D eigenvalue weighted by Gasteiger charge is -2.26. The molecule has 0 saturated heterocycles. The van der Waals surface area contributed by atoms with Crippen molar-refractivity contribution < 1.29 is 24.5 Å². The Balaban J connectivity index is 3.07. The maximum absolute atomic E-state index is 11.1. The molecule has 0 heterocycles. The molecule has 2 N–H and O–H groups in total. The van der Waals surface area contributed by atoms with Crippen LogP contribution in [0.1, 0.15) is 44.0 Å². The molecule has 0 aliphatic heterocycles. The van der Waals surface area contributed by atoms with Crippen LogP contribution >= 0.6 is 15.9 Å². The summed E-state index contributed by atoms with van der Waals surface area (Å²) < 4.78 is 11.6. The van der Waals surface area contributed by atoms with Gasteiger partial charge in [0.15, 0.2) is 11.5 Å². The van der Waals surface area contributed by atoms with Crippen molar-refractivity contribution in [3.05, 3.63) is 22.2 Å². The van der Waals surface area contributed by atoms with Crippen molar-refractivity contribution in [1.29, 1.82) is 0 Å². The Labute approximate surface area is 133 Å². The second kappa shape index (κ2) is 7.66. The quantitative estimate of drug-likeness (QED) is 0.742. The van der Waals surface area contributed by atoms with Gasteiger partial charge in [0.1, 0.15) is 6.61 Å². The van der Waals surface area contributed by atoms with Crippen LogP contribution in [0.2, 0.25) is 0 Å². The van der Waals surface area contributed by atoms with Gasteiger partial charge in [-0.1, -0.05) is 13.8 Å². The number of ether oxygens (including phenoxy) is 2. The smallest absolute Gasteiger partial charge is 0.335 e. The third-order valence-corrected chi connectivity index (χ3v) is 3.95. The van der Waals surface area contributed by atoms with E-state index in [1.807, 2.05) is 13.8 Å². The monoisotopic (exact) mass is 360 g/mol. The summed E-state index contributed by atoms with van der Waals surface area (Å²) in [5.74, 6) is -0.289. The highest BCUT2D eigenvalue weighted by Gasteiger charge is 2.25. The largest absolute Gasteiger partial charge is 0.490 e. The van der Waals surface area contributed by atoms with Gasteiger partial charge in [-0.2, -0.15) is 0 Å². The van der Waals surface area contributed by atoms with E-state index in [0.717, 1.165) is 0 Å². The summed E-state index contributed by atoms with van der Waals surface area (Å²) in [6.07, 6.45) is 1.14. The first-order chi connectivity index (χ1) is 9.86. The molecule has 6 heteroatoms. The van der Waals surface area contributed by atoms with Gasteiger partial charge in [0.05, 0.1) is 22.2 Å². The van der Waals surface area contributed by atoms with E-state index >= 15 is 0 Å². The van der Waals surface area contributed by atoms with Gasteiger partial charge in [-0.05, 0) is 47.8 Å². The highest BCUT2D eigenvalue weighted by Crippen LogP contribution is 2.37. The van der Waals surface area contributed by atoms with Gasteiger partial charge >= 0.3 is 5.97 Å². The van der Waals surface area contributed by atoms with Gasteiger partial charge in [-0.15, -0.1) is 0 Å². The molecule has 1 aromatic carbocycles. The van der Waals surface area contributed by atoms with Crippen molar-refractivity contribution in [3.8, 4) is 11.5 Å². The van der Waals surface area contributed by atoms with Crippen LogP contribution in [0.4, 0.5) is 0 Å². The van der Waals surface area contributed by atoms with Gasteiger partial charge in [-0.25, -0.2) is 4.79 Å². The Kier molecular flexibility index (Phi) is 6.48. The molecule has 0 aromatic heterocycles. The first-order valence-corrected chi connectivity index (χ1v) is 7.71. The van der Waals surface area contributed by atoms with Crippen LogP contribution in [0.15, 0.2) is 16.6 Å². The number of halogens is 1. The normalized spacial score (nSPS) is 11.3. The predicted molar refractivity (Wildman–Crippen MR) is 83.3 cm³/mol. The van der Waals surface area contributed by atoms with Crippen molar-refractivity contribution in [1.82, 2.24) is 0 Å². The molecule has 0 bridgehead atoms. The van der Waals surface area contributed by atoms with Crippen LogP contribution < -0.4 is 9.47 Å². The molecule has 21 heavy (non-hydrogen) atoms. The number of carbonyl (C=O) groups is 1. The summed E-state index contributed by atoms with van der Waals surface area (Å²) in [5, 5.41) is 19.3. The summed E-state index contributed by atoms with van der Waals surface area (Å²) >= 11 is 3.30. The van der Waals surface area contributed by atoms with E-state index in [-0.39, 0.29) is 12.2 Å². The second-order valence-electron chi connectivity index (χ2n) is 4.74. The summed E-state index contributed by atoms with van der Waals surface area (Å²) in [4.78, 5) is 11.1. The molecule has 0 unspecified atom stereocenters. The highest BCUT2D eigenvalue weighted by atomic mass is 79.9. The Hall–Kier alpha value is -1.27. The van der Waals surface area contributed by atoms with Gasteiger partial charge < -0.3 is 19.7 Å². The zero-order valence-corrected chi connectivity index (χ0v) is 14.1. The third-order valence-electron chi connectivity index (χ3n) is 3.36. The van der Waals surface area contributed by atoms with Crippen LogP contribution in [-0.2, 0) is 0 Å². The number of rotatable bonds is 8. The minimum absolute atomic E-state index is 0.110. The molecule has 0 aliphatic rings. The van der Waals surface area contributed by atoms with E-state index < -0.39 is 11.6 Å². The zero-order chi connectivity index (χ0) is 16.0. The van der Waals surface area contributed by atoms with Crippen LogP contribution in [0.25, 0.3) is 0 Å². The molecule has 0 aliphatic carbocycles. The fourth-order valence-corrected chi connectivity index (χ4v) is 2.31. The summed E-state index contributed by atoms with van der Waals surface area (Å²) in [6, 6.07) is 2.88. The SMILES string of the molecule is CCOc1cc(C(=O)O)cc(Br)c1OCC(O)(CC)CC. The molecule has 0 spiro atoms. The average Bonchev–Trinajstić information content (AvgIpc) is 2.46. The molecular weight excluding hydrogens is 340 g/mol. The number of hydrogen-bond acceptors (Lipinski definition) is 4. The molecule has 0 fully saturated rings. The van der Waals surface area contributed by atoms with Gasteiger partial charge in [-0.3, -0.25) is 0 Å². The predicted octanol–water partition coefficient (Wildman–Crippen LogP) is 3.48. The molecule has 0 saturated carbocycles. The van der Waals surface area contributed by atoms with Crippen molar-refractivity contribution in [2.45, 2.75) is 39.2 Å². The summed E-state index contributed by atoms with van der Waals surface area (Å²) in [7, 11) is 0. The van der Waals surface area contributed by atoms with E-state index in [1.165, 1.54) is 12.1 Å². The van der Waals surface area contributed by atoms with E-state index in [2.05, 4.69) is 15.9 Å². The van der Waals surface area contributed by atoms with Crippen LogP contribution in [0.5, 0.6) is 11.5 Å². The van der Waals surface area contributed by atoms with Crippen LogP contribution in [0, 0.1) is 0 Å². The summed E-state index contributed by atoms with van der Waals surface area (Å²) in [6.45, 7) is 6.08.